The lowest BCUT2D eigenvalue weighted by molar-refractivity contribution is 0.321. The Bertz CT molecular complexity index is 355. The molecule has 0 amide bonds. The minimum atomic E-state index is -0.325. The number of benzene rings is 1. The molecule has 0 aliphatic rings. The van der Waals surface area contributed by atoms with Crippen LogP contribution in [0.3, 0.4) is 0 Å². The van der Waals surface area contributed by atoms with E-state index < -0.39 is 0 Å². The van der Waals surface area contributed by atoms with E-state index in [0.717, 1.165) is 12.0 Å². The molecule has 1 aromatic rings. The quantitative estimate of drug-likeness (QED) is 0.801. The topological polar surface area (TPSA) is 47.3 Å². The van der Waals surface area contributed by atoms with Gasteiger partial charge in [-0.15, -0.1) is 0 Å². The summed E-state index contributed by atoms with van der Waals surface area (Å²) in [6.45, 7) is 4.24. The molecule has 0 aliphatic heterocycles. The highest BCUT2D eigenvalue weighted by Crippen LogP contribution is 2.24. The summed E-state index contributed by atoms with van der Waals surface area (Å²) < 4.78 is 18.9. The van der Waals surface area contributed by atoms with E-state index in [2.05, 4.69) is 5.32 Å². The van der Waals surface area contributed by atoms with E-state index in [0.29, 0.717) is 12.4 Å². The molecule has 0 spiro atoms. The Balaban J connectivity index is 2.86. The normalized spacial score (nSPS) is 14.4. The second-order valence-electron chi connectivity index (χ2n) is 4.18. The van der Waals surface area contributed by atoms with E-state index in [1.807, 2.05) is 27.0 Å². The second kappa shape index (κ2) is 6.57. The van der Waals surface area contributed by atoms with Crippen LogP contribution in [0.25, 0.3) is 0 Å². The SMILES string of the molecule is CCOc1ccc(C(CC(C)N)NC)cc1F. The number of ether oxygens (including phenoxy) is 1. The highest BCUT2D eigenvalue weighted by atomic mass is 19.1. The van der Waals surface area contributed by atoms with Gasteiger partial charge in [0.05, 0.1) is 6.61 Å². The standard InChI is InChI=1S/C13H21FN2O/c1-4-17-13-6-5-10(8-11(13)14)12(16-3)7-9(2)15/h5-6,8-9,12,16H,4,7,15H2,1-3H3. The average molecular weight is 240 g/mol. The Kier molecular flexibility index (Phi) is 5.38. The number of rotatable bonds is 6. The van der Waals surface area contributed by atoms with Crippen LogP contribution in [0.2, 0.25) is 0 Å². The molecule has 0 saturated heterocycles. The Morgan fingerprint density at radius 2 is 2.18 bits per heavy atom. The van der Waals surface area contributed by atoms with Crippen molar-refractivity contribution in [1.82, 2.24) is 5.32 Å². The van der Waals surface area contributed by atoms with E-state index in [-0.39, 0.29) is 17.9 Å². The van der Waals surface area contributed by atoms with Gasteiger partial charge in [0, 0.05) is 12.1 Å². The van der Waals surface area contributed by atoms with Crippen LogP contribution in [0, 0.1) is 5.82 Å². The molecule has 96 valence electrons. The zero-order valence-corrected chi connectivity index (χ0v) is 10.7. The molecule has 0 saturated carbocycles. The second-order valence-corrected chi connectivity index (χ2v) is 4.18. The first kappa shape index (κ1) is 13.9. The van der Waals surface area contributed by atoms with Crippen molar-refractivity contribution in [3.8, 4) is 5.75 Å². The molecule has 2 atom stereocenters. The van der Waals surface area contributed by atoms with Gasteiger partial charge in [0.25, 0.3) is 0 Å². The van der Waals surface area contributed by atoms with E-state index in [4.69, 9.17) is 10.5 Å². The number of nitrogens with one attached hydrogen (secondary N) is 1. The van der Waals surface area contributed by atoms with Gasteiger partial charge >= 0.3 is 0 Å². The fourth-order valence-corrected chi connectivity index (χ4v) is 1.80. The zero-order valence-electron chi connectivity index (χ0n) is 10.7. The molecule has 4 heteroatoms. The Morgan fingerprint density at radius 1 is 1.47 bits per heavy atom. The molecule has 3 nitrogen and oxygen atoms in total. The van der Waals surface area contributed by atoms with Crippen molar-refractivity contribution >= 4 is 0 Å². The van der Waals surface area contributed by atoms with Crippen molar-refractivity contribution in [1.29, 1.82) is 0 Å². The van der Waals surface area contributed by atoms with E-state index in [9.17, 15) is 4.39 Å². The van der Waals surface area contributed by atoms with Gasteiger partial charge in [-0.2, -0.15) is 0 Å². The van der Waals surface area contributed by atoms with Crippen molar-refractivity contribution in [2.45, 2.75) is 32.4 Å². The first-order chi connectivity index (χ1) is 8.08. The zero-order chi connectivity index (χ0) is 12.8. The molecule has 0 bridgehead atoms. The Morgan fingerprint density at radius 3 is 2.65 bits per heavy atom. The molecule has 17 heavy (non-hydrogen) atoms. The third-order valence-electron chi connectivity index (χ3n) is 2.61. The van der Waals surface area contributed by atoms with Crippen molar-refractivity contribution in [3.63, 3.8) is 0 Å². The molecule has 1 rings (SSSR count). The summed E-state index contributed by atoms with van der Waals surface area (Å²) in [5.74, 6) is -0.0267. The molecule has 3 N–H and O–H groups in total. The highest BCUT2D eigenvalue weighted by Gasteiger charge is 2.13. The lowest BCUT2D eigenvalue weighted by Gasteiger charge is -2.19. The van der Waals surface area contributed by atoms with Crippen LogP contribution in [0.15, 0.2) is 18.2 Å². The minimum absolute atomic E-state index is 0.0696. The molecular weight excluding hydrogens is 219 g/mol. The fourth-order valence-electron chi connectivity index (χ4n) is 1.80. The molecule has 0 aromatic heterocycles. The van der Waals surface area contributed by atoms with Crippen LogP contribution < -0.4 is 15.8 Å². The first-order valence-corrected chi connectivity index (χ1v) is 5.93. The van der Waals surface area contributed by atoms with Gasteiger partial charge in [-0.25, -0.2) is 4.39 Å². The molecule has 2 unspecified atom stereocenters. The lowest BCUT2D eigenvalue weighted by Crippen LogP contribution is -2.25. The molecule has 0 fully saturated rings. The van der Waals surface area contributed by atoms with E-state index in [1.165, 1.54) is 6.07 Å². The van der Waals surface area contributed by atoms with Gasteiger partial charge < -0.3 is 15.8 Å². The van der Waals surface area contributed by atoms with Crippen LogP contribution in [0.5, 0.6) is 5.75 Å². The summed E-state index contributed by atoms with van der Waals surface area (Å²) in [5, 5.41) is 3.14. The van der Waals surface area contributed by atoms with Crippen molar-refractivity contribution < 1.29 is 9.13 Å². The maximum absolute atomic E-state index is 13.7. The summed E-state index contributed by atoms with van der Waals surface area (Å²) in [6.07, 6.45) is 0.768. The maximum Gasteiger partial charge on any atom is 0.165 e. The molecule has 0 heterocycles. The van der Waals surface area contributed by atoms with Crippen molar-refractivity contribution in [2.75, 3.05) is 13.7 Å². The third kappa shape index (κ3) is 3.98. The fraction of sp³-hybridized carbons (Fsp3) is 0.538. The summed E-state index contributed by atoms with van der Waals surface area (Å²) in [7, 11) is 1.85. The maximum atomic E-state index is 13.7. The van der Waals surface area contributed by atoms with Crippen LogP contribution in [0.1, 0.15) is 31.9 Å². The van der Waals surface area contributed by atoms with Gasteiger partial charge in [0.2, 0.25) is 0 Å². The summed E-state index contributed by atoms with van der Waals surface area (Å²) in [4.78, 5) is 0. The highest BCUT2D eigenvalue weighted by molar-refractivity contribution is 5.31. The summed E-state index contributed by atoms with van der Waals surface area (Å²) in [6, 6.07) is 5.19. The van der Waals surface area contributed by atoms with Gasteiger partial charge in [0.15, 0.2) is 11.6 Å². The van der Waals surface area contributed by atoms with Crippen molar-refractivity contribution in [3.05, 3.63) is 29.6 Å². The lowest BCUT2D eigenvalue weighted by atomic mass is 10.0. The molecule has 0 radical (unpaired) electrons. The predicted molar refractivity (Wildman–Crippen MR) is 67.6 cm³/mol. The largest absolute Gasteiger partial charge is 0.491 e. The summed E-state index contributed by atoms with van der Waals surface area (Å²) in [5.41, 5.74) is 6.66. The Labute approximate surface area is 102 Å². The average Bonchev–Trinajstić information content (AvgIpc) is 2.28. The van der Waals surface area contributed by atoms with Gasteiger partial charge in [0.1, 0.15) is 0 Å². The number of hydrogen-bond donors (Lipinski definition) is 2. The Hall–Kier alpha value is -1.13. The first-order valence-electron chi connectivity index (χ1n) is 5.93. The van der Waals surface area contributed by atoms with E-state index in [1.54, 1.807) is 6.07 Å². The van der Waals surface area contributed by atoms with E-state index >= 15 is 0 Å². The minimum Gasteiger partial charge on any atom is -0.491 e. The van der Waals surface area contributed by atoms with Crippen molar-refractivity contribution in [2.24, 2.45) is 5.73 Å². The smallest absolute Gasteiger partial charge is 0.165 e. The third-order valence-corrected chi connectivity index (χ3v) is 2.61. The number of halogens is 1. The van der Waals surface area contributed by atoms with Crippen LogP contribution in [-0.2, 0) is 0 Å². The van der Waals surface area contributed by atoms with Gasteiger partial charge in [-0.1, -0.05) is 6.07 Å². The number of hydrogen-bond acceptors (Lipinski definition) is 3. The molecule has 1 aromatic carbocycles. The predicted octanol–water partition coefficient (Wildman–Crippen LogP) is 2.22. The molecular formula is C13H21FN2O. The van der Waals surface area contributed by atoms with Crippen LogP contribution in [0.4, 0.5) is 4.39 Å². The molecule has 0 aliphatic carbocycles. The number of nitrogens with two attached hydrogens (primary N) is 1. The van der Waals surface area contributed by atoms with Gasteiger partial charge in [-0.3, -0.25) is 0 Å². The van der Waals surface area contributed by atoms with Crippen LogP contribution in [-0.4, -0.2) is 19.7 Å². The van der Waals surface area contributed by atoms with Gasteiger partial charge in [-0.05, 0) is 45.0 Å². The monoisotopic (exact) mass is 240 g/mol. The van der Waals surface area contributed by atoms with Crippen LogP contribution >= 0.6 is 0 Å². The summed E-state index contributed by atoms with van der Waals surface area (Å²) >= 11 is 0.